The van der Waals surface area contributed by atoms with E-state index in [1.807, 2.05) is 30.0 Å². The molecule has 1 amide bonds. The van der Waals surface area contributed by atoms with Gasteiger partial charge in [0.2, 0.25) is 0 Å². The number of anilines is 1. The van der Waals surface area contributed by atoms with Crippen molar-refractivity contribution in [2.24, 2.45) is 5.92 Å². The lowest BCUT2D eigenvalue weighted by atomic mass is 10.0. The van der Waals surface area contributed by atoms with E-state index in [2.05, 4.69) is 20.6 Å². The number of carbonyl (C=O) groups excluding carboxylic acids is 1. The van der Waals surface area contributed by atoms with E-state index in [4.69, 9.17) is 10.5 Å². The first-order chi connectivity index (χ1) is 19.8. The maximum absolute atomic E-state index is 13.6. The van der Waals surface area contributed by atoms with Crippen LogP contribution in [0.2, 0.25) is 0 Å². The van der Waals surface area contributed by atoms with Crippen molar-refractivity contribution in [1.82, 2.24) is 19.4 Å². The summed E-state index contributed by atoms with van der Waals surface area (Å²) in [4.78, 5) is 23.9. The smallest absolute Gasteiger partial charge is 0.264 e. The van der Waals surface area contributed by atoms with Crippen LogP contribution in [0.5, 0.6) is 11.5 Å². The fourth-order valence-corrected chi connectivity index (χ4v) is 5.61. The van der Waals surface area contributed by atoms with E-state index in [0.29, 0.717) is 41.6 Å². The molecule has 1 saturated heterocycles. The molecule has 2 N–H and O–H groups in total. The molecule has 0 bridgehead atoms. The molecule has 1 aliphatic carbocycles. The molecule has 4 aromatic rings. The highest BCUT2D eigenvalue weighted by Crippen LogP contribution is 2.38. The summed E-state index contributed by atoms with van der Waals surface area (Å²) in [5.41, 5.74) is 9.84. The first-order valence-corrected chi connectivity index (χ1v) is 13.6. The fourth-order valence-electron chi connectivity index (χ4n) is 5.61. The molecule has 41 heavy (non-hydrogen) atoms. The Morgan fingerprint density at radius 3 is 2.54 bits per heavy atom. The molecule has 0 unspecified atom stereocenters. The summed E-state index contributed by atoms with van der Waals surface area (Å²) < 4.78 is 34.9. The number of hydrogen-bond donors (Lipinski definition) is 1. The number of nitriles is 1. The number of hydrogen-bond acceptors (Lipinski definition) is 6. The van der Waals surface area contributed by atoms with Crippen LogP contribution in [-0.2, 0) is 11.3 Å². The van der Waals surface area contributed by atoms with Gasteiger partial charge in [-0.1, -0.05) is 18.2 Å². The second kappa shape index (κ2) is 10.7. The van der Waals surface area contributed by atoms with Crippen LogP contribution in [0, 0.1) is 35.8 Å². The number of carbonyl (C=O) groups is 1. The van der Waals surface area contributed by atoms with Gasteiger partial charge in [0.15, 0.2) is 0 Å². The molecule has 1 saturated carbocycles. The standard InChI is InChI=1S/C31H28F2N6O2/c1-18-27(20-6-8-25(9-7-20)41-26-13-22(32)12-23(33)14-26)28-29(35)36-17-37-30(28)39(18)16-24-3-2-10-38(24)31(40)21(15-34)11-19-4-5-19/h6-9,11-14,17,19,24H,2-5,10,16H2,1H3,(H2,35,36,37)/b21-11+/t24-/m0/s1. The number of benzene rings is 2. The first-order valence-electron chi connectivity index (χ1n) is 13.6. The number of ether oxygens (including phenoxy) is 1. The highest BCUT2D eigenvalue weighted by atomic mass is 19.1. The highest BCUT2D eigenvalue weighted by molar-refractivity contribution is 6.02. The lowest BCUT2D eigenvalue weighted by Crippen LogP contribution is -2.39. The van der Waals surface area contributed by atoms with Gasteiger partial charge >= 0.3 is 0 Å². The van der Waals surface area contributed by atoms with Crippen LogP contribution in [0.3, 0.4) is 0 Å². The molecule has 2 aromatic heterocycles. The van der Waals surface area contributed by atoms with E-state index in [1.54, 1.807) is 12.1 Å². The first kappa shape index (κ1) is 26.4. The van der Waals surface area contributed by atoms with E-state index in [0.717, 1.165) is 60.7 Å². The lowest BCUT2D eigenvalue weighted by molar-refractivity contribution is -0.127. The number of aromatic nitrogens is 3. The summed E-state index contributed by atoms with van der Waals surface area (Å²) >= 11 is 0. The number of amides is 1. The van der Waals surface area contributed by atoms with Crippen LogP contribution < -0.4 is 10.5 Å². The van der Waals surface area contributed by atoms with E-state index >= 15 is 0 Å². The maximum atomic E-state index is 13.6. The summed E-state index contributed by atoms with van der Waals surface area (Å²) in [6, 6.07) is 12.2. The molecule has 10 heteroatoms. The highest BCUT2D eigenvalue weighted by Gasteiger charge is 2.33. The van der Waals surface area contributed by atoms with Gasteiger partial charge in [0.05, 0.1) is 11.4 Å². The van der Waals surface area contributed by atoms with Crippen molar-refractivity contribution in [1.29, 1.82) is 5.26 Å². The molecule has 0 radical (unpaired) electrons. The average molecular weight is 555 g/mol. The van der Waals surface area contributed by atoms with Gasteiger partial charge in [-0.2, -0.15) is 5.26 Å². The molecule has 3 heterocycles. The summed E-state index contributed by atoms with van der Waals surface area (Å²) in [5, 5.41) is 10.3. The van der Waals surface area contributed by atoms with Gasteiger partial charge in [-0.3, -0.25) is 4.79 Å². The Morgan fingerprint density at radius 2 is 1.85 bits per heavy atom. The number of allylic oxidation sites excluding steroid dienone is 1. The van der Waals surface area contributed by atoms with Crippen LogP contribution in [0.15, 0.2) is 60.4 Å². The topological polar surface area (TPSA) is 110 Å². The zero-order chi connectivity index (χ0) is 28.7. The maximum Gasteiger partial charge on any atom is 0.264 e. The second-order valence-corrected chi connectivity index (χ2v) is 10.6. The van der Waals surface area contributed by atoms with Crippen molar-refractivity contribution in [3.63, 3.8) is 0 Å². The zero-order valence-corrected chi connectivity index (χ0v) is 22.5. The van der Waals surface area contributed by atoms with E-state index < -0.39 is 11.6 Å². The van der Waals surface area contributed by atoms with Gasteiger partial charge in [-0.05, 0) is 56.2 Å². The number of likely N-dealkylation sites (tertiary alicyclic amines) is 1. The van der Waals surface area contributed by atoms with Gasteiger partial charge < -0.3 is 19.9 Å². The van der Waals surface area contributed by atoms with Crippen molar-refractivity contribution in [3.05, 3.63) is 77.8 Å². The Kier molecular flexibility index (Phi) is 6.87. The third-order valence-corrected chi connectivity index (χ3v) is 7.75. The predicted octanol–water partition coefficient (Wildman–Crippen LogP) is 5.91. The number of nitrogens with zero attached hydrogens (tertiary/aromatic N) is 5. The van der Waals surface area contributed by atoms with Gasteiger partial charge in [-0.15, -0.1) is 0 Å². The number of nitrogen functional groups attached to an aromatic ring is 1. The van der Waals surface area contributed by atoms with Crippen molar-refractivity contribution in [2.75, 3.05) is 12.3 Å². The van der Waals surface area contributed by atoms with Crippen LogP contribution in [0.1, 0.15) is 31.4 Å². The predicted molar refractivity (Wildman–Crippen MR) is 150 cm³/mol. The largest absolute Gasteiger partial charge is 0.457 e. The molecule has 1 atom stereocenters. The minimum atomic E-state index is -0.721. The summed E-state index contributed by atoms with van der Waals surface area (Å²) in [7, 11) is 0. The quantitative estimate of drug-likeness (QED) is 0.225. The van der Waals surface area contributed by atoms with Gasteiger partial charge in [0, 0.05) is 42.5 Å². The van der Waals surface area contributed by atoms with Gasteiger partial charge in [-0.25, -0.2) is 18.7 Å². The van der Waals surface area contributed by atoms with Gasteiger partial charge in [0.25, 0.3) is 5.91 Å². The molecule has 1 aliphatic heterocycles. The number of rotatable bonds is 7. The van der Waals surface area contributed by atoms with Crippen LogP contribution in [0.4, 0.5) is 14.6 Å². The molecule has 2 fully saturated rings. The molecule has 208 valence electrons. The normalized spacial score (nSPS) is 17.2. The SMILES string of the molecule is Cc1c(-c2ccc(Oc3cc(F)cc(F)c3)cc2)c2c(N)ncnc2n1C[C@@H]1CCCN1C(=O)/C(C#N)=C/C1CC1. The average Bonchev–Trinajstić information content (AvgIpc) is 3.57. The Hall–Kier alpha value is -4.78. The molecular formula is C31H28F2N6O2. The third-order valence-electron chi connectivity index (χ3n) is 7.75. The van der Waals surface area contributed by atoms with Crippen molar-refractivity contribution in [3.8, 4) is 28.7 Å². The summed E-state index contributed by atoms with van der Waals surface area (Å²) in [6.45, 7) is 3.08. The Morgan fingerprint density at radius 1 is 1.12 bits per heavy atom. The second-order valence-electron chi connectivity index (χ2n) is 10.6. The molecule has 2 aliphatic rings. The Balaban J connectivity index is 1.32. The zero-order valence-electron chi connectivity index (χ0n) is 22.5. The molecule has 2 aromatic carbocycles. The van der Waals surface area contributed by atoms with Crippen LogP contribution >= 0.6 is 0 Å². The van der Waals surface area contributed by atoms with Crippen LogP contribution in [-0.4, -0.2) is 37.9 Å². The van der Waals surface area contributed by atoms with Crippen LogP contribution in [0.25, 0.3) is 22.2 Å². The molecule has 6 rings (SSSR count). The van der Waals surface area contributed by atoms with E-state index in [9.17, 15) is 18.8 Å². The number of fused-ring (bicyclic) bond motifs is 1. The van der Waals surface area contributed by atoms with Gasteiger partial charge in [0.1, 0.15) is 52.6 Å². The minimum Gasteiger partial charge on any atom is -0.457 e. The monoisotopic (exact) mass is 554 g/mol. The fraction of sp³-hybridized carbons (Fsp3) is 0.290. The number of halogens is 2. The Bertz CT molecular complexity index is 1700. The third kappa shape index (κ3) is 5.23. The van der Waals surface area contributed by atoms with Crippen molar-refractivity contribution in [2.45, 2.75) is 45.2 Å². The lowest BCUT2D eigenvalue weighted by Gasteiger charge is -2.25. The summed E-state index contributed by atoms with van der Waals surface area (Å²) in [6.07, 6.45) is 6.97. The van der Waals surface area contributed by atoms with Crippen molar-refractivity contribution >= 4 is 22.8 Å². The van der Waals surface area contributed by atoms with E-state index in [-0.39, 0.29) is 23.3 Å². The van der Waals surface area contributed by atoms with E-state index in [1.165, 1.54) is 6.33 Å². The minimum absolute atomic E-state index is 0.0582. The Labute approximate surface area is 235 Å². The summed E-state index contributed by atoms with van der Waals surface area (Å²) in [5.74, 6) is -0.513. The molecule has 8 nitrogen and oxygen atoms in total. The van der Waals surface area contributed by atoms with Crippen molar-refractivity contribution < 1.29 is 18.3 Å². The number of nitrogens with two attached hydrogens (primary N) is 1. The molecular weight excluding hydrogens is 526 g/mol. The molecule has 0 spiro atoms.